The van der Waals surface area contributed by atoms with Crippen LogP contribution in [0.2, 0.25) is 0 Å². The molecule has 1 aromatic carbocycles. The van der Waals surface area contributed by atoms with Gasteiger partial charge in [0, 0.05) is 11.0 Å². The lowest BCUT2D eigenvalue weighted by Gasteiger charge is -2.63. The Kier molecular flexibility index (Phi) is 6.82. The Labute approximate surface area is 221 Å². The van der Waals surface area contributed by atoms with Crippen LogP contribution in [0.25, 0.3) is 5.76 Å². The van der Waals surface area contributed by atoms with Crippen molar-refractivity contribution in [3.63, 3.8) is 0 Å². The highest BCUT2D eigenvalue weighted by Gasteiger charge is 2.85. The van der Waals surface area contributed by atoms with Crippen molar-refractivity contribution in [1.82, 2.24) is 0 Å². The average molecular weight is 503 g/mol. The Bertz CT molecular complexity index is 1230. The number of Topliss-reactive ketones (excluding diaryl/α,β-unsaturated/α-hetero) is 2. The Morgan fingerprint density at radius 3 is 2.19 bits per heavy atom. The van der Waals surface area contributed by atoms with Crippen LogP contribution in [0.15, 0.2) is 71.4 Å². The first-order chi connectivity index (χ1) is 17.3. The standard InChI is InChI=1S/C33H42O4/c1-21(2)13-14-25-19-32(18-16-23(5)6)29(36)31(17-15-22(3)4)20-30(25,7)33(32,37)26(28(31)35)27(34)24-11-9-8-10-12-24/h8-12,15-16,25,34,37H,1,13-14,17-20H2,2-7H3/b27-26+/t25-,30-,31-,32+,33?/m1/s1. The Hall–Kier alpha value is -2.72. The molecule has 0 amide bonds. The molecule has 1 unspecified atom stereocenters. The lowest BCUT2D eigenvalue weighted by atomic mass is 9.38. The van der Waals surface area contributed by atoms with Crippen molar-refractivity contribution in [1.29, 1.82) is 0 Å². The second kappa shape index (κ2) is 9.23. The zero-order valence-electron chi connectivity index (χ0n) is 23.3. The highest BCUT2D eigenvalue weighted by Crippen LogP contribution is 2.78. The van der Waals surface area contributed by atoms with Gasteiger partial charge < -0.3 is 10.2 Å². The summed E-state index contributed by atoms with van der Waals surface area (Å²) in [7, 11) is 0. The fourth-order valence-electron chi connectivity index (χ4n) is 7.64. The molecule has 4 nitrogen and oxygen atoms in total. The van der Waals surface area contributed by atoms with Crippen LogP contribution < -0.4 is 0 Å². The van der Waals surface area contributed by atoms with Crippen LogP contribution in [0, 0.1) is 22.2 Å². The second-order valence-corrected chi connectivity index (χ2v) is 12.6. The SMILES string of the molecule is C=C(C)CC[C@@H]1C[C@@]2(CC=C(C)C)C(=O)[C@]3(CC=C(C)C)C[C@@]1(C)C2(O)/C(=C(/O)c1ccccc1)C3=O. The molecule has 0 spiro atoms. The Morgan fingerprint density at radius 1 is 1.03 bits per heavy atom. The van der Waals surface area contributed by atoms with Crippen molar-refractivity contribution in [2.24, 2.45) is 22.2 Å². The summed E-state index contributed by atoms with van der Waals surface area (Å²) < 4.78 is 0. The van der Waals surface area contributed by atoms with E-state index in [1.165, 1.54) is 0 Å². The fraction of sp³-hybridized carbons (Fsp3) is 0.515. The summed E-state index contributed by atoms with van der Waals surface area (Å²) in [5.74, 6) is -0.758. The molecular weight excluding hydrogens is 460 g/mol. The summed E-state index contributed by atoms with van der Waals surface area (Å²) in [5.41, 5.74) is -1.34. The van der Waals surface area contributed by atoms with Crippen molar-refractivity contribution in [3.05, 3.63) is 76.9 Å². The minimum Gasteiger partial charge on any atom is -0.507 e. The molecule has 198 valence electrons. The van der Waals surface area contributed by atoms with Gasteiger partial charge in [-0.1, -0.05) is 66.1 Å². The highest BCUT2D eigenvalue weighted by atomic mass is 16.3. The number of aliphatic hydroxyl groups is 2. The number of fused-ring (bicyclic) bond motifs is 1. The number of ketones is 2. The monoisotopic (exact) mass is 502 g/mol. The number of hydrogen-bond donors (Lipinski definition) is 2. The Morgan fingerprint density at radius 2 is 1.62 bits per heavy atom. The molecule has 2 N–H and O–H groups in total. The average Bonchev–Trinajstić information content (AvgIpc) is 2.98. The molecule has 1 aromatic rings. The predicted molar refractivity (Wildman–Crippen MR) is 149 cm³/mol. The van der Waals surface area contributed by atoms with Crippen LogP contribution in [-0.2, 0) is 9.59 Å². The van der Waals surface area contributed by atoms with E-state index in [4.69, 9.17) is 0 Å². The molecule has 0 radical (unpaired) electrons. The number of carbonyl (C=O) groups is 2. The minimum absolute atomic E-state index is 0.00367. The molecule has 5 rings (SSSR count). The lowest BCUT2D eigenvalue weighted by Crippen LogP contribution is -2.74. The third-order valence-corrected chi connectivity index (χ3v) is 9.50. The molecule has 0 aromatic heterocycles. The molecule has 4 heteroatoms. The van der Waals surface area contributed by atoms with Gasteiger partial charge in [-0.2, -0.15) is 0 Å². The van der Waals surface area contributed by atoms with Crippen LogP contribution in [0.4, 0.5) is 0 Å². The van der Waals surface area contributed by atoms with Gasteiger partial charge in [0.2, 0.25) is 0 Å². The quantitative estimate of drug-likeness (QED) is 0.169. The van der Waals surface area contributed by atoms with Gasteiger partial charge in [0.15, 0.2) is 11.6 Å². The Balaban J connectivity index is 2.08. The van der Waals surface area contributed by atoms with Crippen molar-refractivity contribution >= 4 is 17.3 Å². The van der Waals surface area contributed by atoms with Gasteiger partial charge >= 0.3 is 0 Å². The zero-order chi connectivity index (χ0) is 27.4. The van der Waals surface area contributed by atoms with Crippen molar-refractivity contribution in [2.45, 2.75) is 85.7 Å². The smallest absolute Gasteiger partial charge is 0.179 e. The first-order valence-corrected chi connectivity index (χ1v) is 13.5. The second-order valence-electron chi connectivity index (χ2n) is 12.6. The van der Waals surface area contributed by atoms with Crippen LogP contribution in [-0.4, -0.2) is 27.4 Å². The number of carbonyl (C=O) groups excluding carboxylic acids is 2. The largest absolute Gasteiger partial charge is 0.507 e. The van der Waals surface area contributed by atoms with E-state index in [0.717, 1.165) is 29.6 Å². The minimum atomic E-state index is -1.77. The molecule has 4 aliphatic carbocycles. The summed E-state index contributed by atoms with van der Waals surface area (Å²) in [6, 6.07) is 8.95. The van der Waals surface area contributed by atoms with Crippen LogP contribution >= 0.6 is 0 Å². The molecule has 0 aliphatic heterocycles. The van der Waals surface area contributed by atoms with Gasteiger partial charge in [0.05, 0.1) is 16.4 Å². The van der Waals surface area contributed by atoms with Gasteiger partial charge in [-0.15, -0.1) is 6.58 Å². The van der Waals surface area contributed by atoms with E-state index in [-0.39, 0.29) is 29.5 Å². The van der Waals surface area contributed by atoms with E-state index in [9.17, 15) is 19.8 Å². The van der Waals surface area contributed by atoms with Gasteiger partial charge in [-0.05, 0) is 79.1 Å². The van der Waals surface area contributed by atoms with E-state index in [0.29, 0.717) is 24.8 Å². The summed E-state index contributed by atoms with van der Waals surface area (Å²) in [6.07, 6.45) is 6.99. The number of allylic oxidation sites excluding steroid dienone is 5. The summed E-state index contributed by atoms with van der Waals surface area (Å²) in [6.45, 7) is 16.1. The van der Waals surface area contributed by atoms with E-state index < -0.39 is 27.6 Å². The van der Waals surface area contributed by atoms with Gasteiger partial charge in [-0.25, -0.2) is 0 Å². The molecule has 0 saturated heterocycles. The van der Waals surface area contributed by atoms with Gasteiger partial charge in [0.25, 0.3) is 0 Å². The molecule has 4 saturated carbocycles. The fourth-order valence-corrected chi connectivity index (χ4v) is 7.64. The van der Waals surface area contributed by atoms with E-state index >= 15 is 0 Å². The highest BCUT2D eigenvalue weighted by molar-refractivity contribution is 6.24. The molecule has 4 bridgehead atoms. The van der Waals surface area contributed by atoms with Crippen molar-refractivity contribution in [2.75, 3.05) is 0 Å². The van der Waals surface area contributed by atoms with Crippen LogP contribution in [0.5, 0.6) is 0 Å². The molecule has 4 fully saturated rings. The predicted octanol–water partition coefficient (Wildman–Crippen LogP) is 7.31. The number of benzene rings is 1. The third-order valence-electron chi connectivity index (χ3n) is 9.50. The topological polar surface area (TPSA) is 74.6 Å². The normalized spacial score (nSPS) is 35.4. The summed E-state index contributed by atoms with van der Waals surface area (Å²) >= 11 is 0. The van der Waals surface area contributed by atoms with Gasteiger partial charge in [0.1, 0.15) is 11.4 Å². The maximum absolute atomic E-state index is 14.7. The molecule has 0 heterocycles. The summed E-state index contributed by atoms with van der Waals surface area (Å²) in [4.78, 5) is 29.1. The van der Waals surface area contributed by atoms with E-state index in [1.807, 2.05) is 52.8 Å². The first kappa shape index (κ1) is 27.3. The van der Waals surface area contributed by atoms with E-state index in [2.05, 4.69) is 13.5 Å². The molecule has 37 heavy (non-hydrogen) atoms. The lowest BCUT2D eigenvalue weighted by molar-refractivity contribution is -0.199. The molecule has 5 atom stereocenters. The van der Waals surface area contributed by atoms with Crippen LogP contribution in [0.3, 0.4) is 0 Å². The first-order valence-electron chi connectivity index (χ1n) is 13.5. The maximum Gasteiger partial charge on any atom is 0.179 e. The van der Waals surface area contributed by atoms with Crippen LogP contribution in [0.1, 0.15) is 85.6 Å². The molecular formula is C33H42O4. The number of hydrogen-bond acceptors (Lipinski definition) is 4. The van der Waals surface area contributed by atoms with Crippen molar-refractivity contribution < 1.29 is 19.8 Å². The zero-order valence-corrected chi connectivity index (χ0v) is 23.3. The maximum atomic E-state index is 14.7. The number of aliphatic hydroxyl groups excluding tert-OH is 1. The van der Waals surface area contributed by atoms with Crippen molar-refractivity contribution in [3.8, 4) is 0 Å². The summed E-state index contributed by atoms with van der Waals surface area (Å²) in [5, 5.41) is 24.7. The van der Waals surface area contributed by atoms with E-state index in [1.54, 1.807) is 24.3 Å². The molecule has 4 aliphatic rings. The number of rotatable bonds is 8. The van der Waals surface area contributed by atoms with Gasteiger partial charge in [-0.3, -0.25) is 9.59 Å². The third kappa shape index (κ3) is 3.74.